The lowest BCUT2D eigenvalue weighted by Gasteiger charge is -2.09. The first-order chi connectivity index (χ1) is 8.60. The molecule has 0 heterocycles. The quantitative estimate of drug-likeness (QED) is 0.862. The maximum atomic E-state index is 13.3. The van der Waals surface area contributed by atoms with E-state index in [0.717, 1.165) is 0 Å². The fraction of sp³-hybridized carbons (Fsp3) is 0. The average molecular weight is 281 g/mol. The van der Waals surface area contributed by atoms with E-state index in [0.29, 0.717) is 22.0 Å². The normalized spacial score (nSPS) is 9.89. The molecule has 0 spiro atoms. The predicted octanol–water partition coefficient (Wildman–Crippen LogP) is 4.75. The average Bonchev–Trinajstić information content (AvgIpc) is 2.36. The summed E-state index contributed by atoms with van der Waals surface area (Å²) in [5, 5.41) is 12.1. The van der Waals surface area contributed by atoms with Gasteiger partial charge in [-0.05, 0) is 36.4 Å². The first-order valence-electron chi connectivity index (χ1n) is 5.02. The van der Waals surface area contributed by atoms with Crippen molar-refractivity contribution >= 4 is 34.6 Å². The Labute approximate surface area is 114 Å². The molecular weight excluding hydrogens is 274 g/mol. The van der Waals surface area contributed by atoms with Crippen LogP contribution in [0.5, 0.6) is 0 Å². The number of hydrogen-bond donors (Lipinski definition) is 1. The molecule has 0 saturated carbocycles. The molecule has 5 heteroatoms. The van der Waals surface area contributed by atoms with Crippen molar-refractivity contribution in [1.29, 1.82) is 5.26 Å². The van der Waals surface area contributed by atoms with Crippen molar-refractivity contribution in [3.8, 4) is 6.07 Å². The van der Waals surface area contributed by atoms with E-state index >= 15 is 0 Å². The third-order valence-corrected chi connectivity index (χ3v) is 2.92. The van der Waals surface area contributed by atoms with Gasteiger partial charge in [-0.1, -0.05) is 23.2 Å². The minimum Gasteiger partial charge on any atom is -0.354 e. The Morgan fingerprint density at radius 1 is 1.06 bits per heavy atom. The SMILES string of the molecule is N#Cc1ccc(Nc2ccc(Cl)c(F)c2)c(Cl)c1. The number of nitriles is 1. The van der Waals surface area contributed by atoms with Crippen molar-refractivity contribution < 1.29 is 4.39 Å². The summed E-state index contributed by atoms with van der Waals surface area (Å²) in [6.07, 6.45) is 0. The van der Waals surface area contributed by atoms with Crippen LogP contribution >= 0.6 is 23.2 Å². The second kappa shape index (κ2) is 5.26. The summed E-state index contributed by atoms with van der Waals surface area (Å²) in [5.41, 5.74) is 1.59. The van der Waals surface area contributed by atoms with Gasteiger partial charge in [0.1, 0.15) is 5.82 Å². The summed E-state index contributed by atoms with van der Waals surface area (Å²) < 4.78 is 13.3. The van der Waals surface area contributed by atoms with E-state index in [1.165, 1.54) is 18.2 Å². The van der Waals surface area contributed by atoms with Crippen LogP contribution in [0.3, 0.4) is 0 Å². The van der Waals surface area contributed by atoms with Gasteiger partial charge < -0.3 is 5.32 Å². The summed E-state index contributed by atoms with van der Waals surface area (Å²) in [7, 11) is 0. The molecule has 90 valence electrons. The molecule has 0 unspecified atom stereocenters. The van der Waals surface area contributed by atoms with Gasteiger partial charge in [0.25, 0.3) is 0 Å². The number of benzene rings is 2. The zero-order chi connectivity index (χ0) is 13.1. The summed E-state index contributed by atoms with van der Waals surface area (Å²) >= 11 is 11.6. The van der Waals surface area contributed by atoms with Crippen LogP contribution in [-0.2, 0) is 0 Å². The Morgan fingerprint density at radius 3 is 2.44 bits per heavy atom. The van der Waals surface area contributed by atoms with Gasteiger partial charge in [-0.25, -0.2) is 4.39 Å². The van der Waals surface area contributed by atoms with E-state index in [-0.39, 0.29) is 5.02 Å². The minimum atomic E-state index is -0.508. The predicted molar refractivity (Wildman–Crippen MR) is 70.9 cm³/mol. The van der Waals surface area contributed by atoms with Crippen molar-refractivity contribution in [2.24, 2.45) is 0 Å². The molecule has 0 fully saturated rings. The fourth-order valence-corrected chi connectivity index (χ4v) is 1.76. The highest BCUT2D eigenvalue weighted by molar-refractivity contribution is 6.33. The van der Waals surface area contributed by atoms with Crippen molar-refractivity contribution in [2.75, 3.05) is 5.32 Å². The lowest BCUT2D eigenvalue weighted by molar-refractivity contribution is 0.629. The number of nitrogens with zero attached hydrogens (tertiary/aromatic N) is 1. The summed E-state index contributed by atoms with van der Waals surface area (Å²) in [5.74, 6) is -0.508. The van der Waals surface area contributed by atoms with Crippen LogP contribution in [0.4, 0.5) is 15.8 Å². The minimum absolute atomic E-state index is 0.0616. The van der Waals surface area contributed by atoms with Crippen molar-refractivity contribution in [2.45, 2.75) is 0 Å². The first-order valence-corrected chi connectivity index (χ1v) is 5.77. The molecule has 0 aliphatic rings. The maximum Gasteiger partial charge on any atom is 0.143 e. The van der Waals surface area contributed by atoms with Crippen molar-refractivity contribution in [3.05, 3.63) is 57.8 Å². The van der Waals surface area contributed by atoms with Crippen LogP contribution in [-0.4, -0.2) is 0 Å². The molecule has 0 bridgehead atoms. The second-order valence-electron chi connectivity index (χ2n) is 3.56. The first kappa shape index (κ1) is 12.7. The van der Waals surface area contributed by atoms with Crippen molar-refractivity contribution in [3.63, 3.8) is 0 Å². The number of nitrogens with one attached hydrogen (secondary N) is 1. The molecule has 1 N–H and O–H groups in total. The van der Waals surface area contributed by atoms with Gasteiger partial charge >= 0.3 is 0 Å². The molecule has 0 atom stereocenters. The van der Waals surface area contributed by atoms with E-state index in [1.54, 1.807) is 18.2 Å². The van der Waals surface area contributed by atoms with Crippen LogP contribution in [0.15, 0.2) is 36.4 Å². The second-order valence-corrected chi connectivity index (χ2v) is 4.37. The number of rotatable bonds is 2. The molecular formula is C13H7Cl2FN2. The highest BCUT2D eigenvalue weighted by Gasteiger charge is 2.05. The van der Waals surface area contributed by atoms with Crippen LogP contribution < -0.4 is 5.32 Å². The molecule has 2 aromatic rings. The smallest absolute Gasteiger partial charge is 0.143 e. The van der Waals surface area contributed by atoms with E-state index in [4.69, 9.17) is 28.5 Å². The van der Waals surface area contributed by atoms with Crippen molar-refractivity contribution in [1.82, 2.24) is 0 Å². The third-order valence-electron chi connectivity index (χ3n) is 2.30. The molecule has 0 amide bonds. The molecule has 2 nitrogen and oxygen atoms in total. The Balaban J connectivity index is 2.29. The van der Waals surface area contributed by atoms with Crippen LogP contribution in [0.25, 0.3) is 0 Å². The van der Waals surface area contributed by atoms with Gasteiger partial charge in [0, 0.05) is 5.69 Å². The van der Waals surface area contributed by atoms with E-state index in [2.05, 4.69) is 5.32 Å². The Hall–Kier alpha value is -1.76. The van der Waals surface area contributed by atoms with E-state index < -0.39 is 5.82 Å². The Kier molecular flexibility index (Phi) is 3.71. The fourth-order valence-electron chi connectivity index (χ4n) is 1.42. The van der Waals surface area contributed by atoms with E-state index in [9.17, 15) is 4.39 Å². The van der Waals surface area contributed by atoms with Gasteiger partial charge in [0.05, 0.1) is 27.4 Å². The van der Waals surface area contributed by atoms with Gasteiger partial charge in [0.2, 0.25) is 0 Å². The topological polar surface area (TPSA) is 35.8 Å². The summed E-state index contributed by atoms with van der Waals surface area (Å²) in [6.45, 7) is 0. The molecule has 0 saturated heterocycles. The molecule has 0 aromatic heterocycles. The highest BCUT2D eigenvalue weighted by Crippen LogP contribution is 2.27. The Bertz CT molecular complexity index is 635. The monoisotopic (exact) mass is 280 g/mol. The van der Waals surface area contributed by atoms with Crippen LogP contribution in [0.1, 0.15) is 5.56 Å². The Morgan fingerprint density at radius 2 is 1.83 bits per heavy atom. The summed E-state index contributed by atoms with van der Waals surface area (Å²) in [6, 6.07) is 11.2. The zero-order valence-electron chi connectivity index (χ0n) is 9.05. The van der Waals surface area contributed by atoms with Gasteiger partial charge in [-0.3, -0.25) is 0 Å². The lowest BCUT2D eigenvalue weighted by Crippen LogP contribution is -1.92. The lowest BCUT2D eigenvalue weighted by atomic mass is 10.2. The third kappa shape index (κ3) is 2.73. The largest absolute Gasteiger partial charge is 0.354 e. The molecule has 2 rings (SSSR count). The van der Waals surface area contributed by atoms with Gasteiger partial charge in [-0.15, -0.1) is 0 Å². The number of halogens is 3. The maximum absolute atomic E-state index is 13.3. The summed E-state index contributed by atoms with van der Waals surface area (Å²) in [4.78, 5) is 0. The van der Waals surface area contributed by atoms with Crippen LogP contribution in [0.2, 0.25) is 10.0 Å². The molecule has 0 aliphatic carbocycles. The molecule has 0 radical (unpaired) electrons. The van der Waals surface area contributed by atoms with Gasteiger partial charge in [0.15, 0.2) is 0 Å². The van der Waals surface area contributed by atoms with E-state index in [1.807, 2.05) is 6.07 Å². The number of anilines is 2. The zero-order valence-corrected chi connectivity index (χ0v) is 10.6. The highest BCUT2D eigenvalue weighted by atomic mass is 35.5. The molecule has 2 aromatic carbocycles. The molecule has 18 heavy (non-hydrogen) atoms. The molecule has 0 aliphatic heterocycles. The van der Waals surface area contributed by atoms with Crippen LogP contribution in [0, 0.1) is 17.1 Å². The van der Waals surface area contributed by atoms with Gasteiger partial charge in [-0.2, -0.15) is 5.26 Å². The number of hydrogen-bond acceptors (Lipinski definition) is 2. The standard InChI is InChI=1S/C13H7Cl2FN2/c14-10-3-2-9(6-12(10)16)18-13-4-1-8(7-17)5-11(13)15/h1-6,18H.